The maximum Gasteiger partial charge on any atom is 0.0642 e. The summed E-state index contributed by atoms with van der Waals surface area (Å²) in [6.45, 7) is 7.23. The molecule has 2 unspecified atom stereocenters. The van der Waals surface area contributed by atoms with Crippen molar-refractivity contribution in [3.8, 4) is 0 Å². The van der Waals surface area contributed by atoms with Gasteiger partial charge in [-0.15, -0.1) is 0 Å². The molecular weight excluding hydrogens is 196 g/mol. The molecule has 2 aliphatic carbocycles. The predicted octanol–water partition coefficient (Wildman–Crippen LogP) is 3.70. The summed E-state index contributed by atoms with van der Waals surface area (Å²) in [6, 6.07) is 0. The van der Waals surface area contributed by atoms with Gasteiger partial charge >= 0.3 is 0 Å². The number of hydrogen-bond donors (Lipinski definition) is 1. The Hall–Kier alpha value is -0.560. The molecule has 0 fully saturated rings. The van der Waals surface area contributed by atoms with Crippen LogP contribution in [0.4, 0.5) is 0 Å². The zero-order valence-corrected chi connectivity index (χ0v) is 10.8. The van der Waals surface area contributed by atoms with Crippen molar-refractivity contribution in [3.63, 3.8) is 0 Å². The van der Waals surface area contributed by atoms with E-state index in [1.54, 1.807) is 11.1 Å². The molecule has 0 aromatic rings. The van der Waals surface area contributed by atoms with Crippen molar-refractivity contribution in [2.45, 2.75) is 46.5 Å². The largest absolute Gasteiger partial charge is 0.392 e. The molecule has 1 heteroatoms. The summed E-state index contributed by atoms with van der Waals surface area (Å²) in [5.41, 5.74) is 4.56. The standard InChI is InChI=1S/C15H24O/c1-10(2)13-6-4-11(3)14-7-5-12(9-16)8-15(13)14/h8,10,13,15-16H,4-7,9H2,1-3H3. The third-order valence-corrected chi connectivity index (χ3v) is 4.45. The van der Waals surface area contributed by atoms with Crippen molar-refractivity contribution >= 4 is 0 Å². The van der Waals surface area contributed by atoms with Gasteiger partial charge in [0.15, 0.2) is 0 Å². The summed E-state index contributed by atoms with van der Waals surface area (Å²) in [7, 11) is 0. The van der Waals surface area contributed by atoms with Gasteiger partial charge in [-0.2, -0.15) is 0 Å². The number of fused-ring (bicyclic) bond motifs is 1. The minimum atomic E-state index is 0.258. The summed E-state index contributed by atoms with van der Waals surface area (Å²) in [4.78, 5) is 0. The zero-order chi connectivity index (χ0) is 11.7. The van der Waals surface area contributed by atoms with Crippen LogP contribution in [0.5, 0.6) is 0 Å². The second-order valence-corrected chi connectivity index (χ2v) is 5.76. The number of aliphatic hydroxyl groups excluding tert-OH is 1. The molecule has 0 aromatic carbocycles. The van der Waals surface area contributed by atoms with Crippen molar-refractivity contribution < 1.29 is 5.11 Å². The zero-order valence-electron chi connectivity index (χ0n) is 10.8. The third-order valence-electron chi connectivity index (χ3n) is 4.45. The predicted molar refractivity (Wildman–Crippen MR) is 68.2 cm³/mol. The van der Waals surface area contributed by atoms with E-state index in [-0.39, 0.29) is 6.61 Å². The van der Waals surface area contributed by atoms with E-state index in [0.29, 0.717) is 5.92 Å². The molecule has 0 amide bonds. The molecule has 2 atom stereocenters. The van der Waals surface area contributed by atoms with E-state index < -0.39 is 0 Å². The van der Waals surface area contributed by atoms with Crippen LogP contribution in [0.25, 0.3) is 0 Å². The molecule has 90 valence electrons. The highest BCUT2D eigenvalue weighted by atomic mass is 16.3. The van der Waals surface area contributed by atoms with Gasteiger partial charge in [0.25, 0.3) is 0 Å². The molecule has 0 saturated carbocycles. The van der Waals surface area contributed by atoms with Crippen LogP contribution in [-0.2, 0) is 0 Å². The molecule has 0 saturated heterocycles. The van der Waals surface area contributed by atoms with Crippen LogP contribution in [0.1, 0.15) is 46.5 Å². The van der Waals surface area contributed by atoms with Crippen LogP contribution in [0.15, 0.2) is 22.8 Å². The van der Waals surface area contributed by atoms with Crippen molar-refractivity contribution in [3.05, 3.63) is 22.8 Å². The third kappa shape index (κ3) is 2.10. The van der Waals surface area contributed by atoms with Crippen LogP contribution >= 0.6 is 0 Å². The van der Waals surface area contributed by atoms with Gasteiger partial charge in [-0.1, -0.05) is 31.1 Å². The van der Waals surface area contributed by atoms with E-state index in [0.717, 1.165) is 18.3 Å². The molecule has 0 aliphatic heterocycles. The van der Waals surface area contributed by atoms with E-state index in [1.165, 1.54) is 24.8 Å². The SMILES string of the molecule is CC1=C2CCC(CO)=CC2C(C(C)C)CC1. The van der Waals surface area contributed by atoms with Crippen molar-refractivity contribution in [1.82, 2.24) is 0 Å². The Balaban J connectivity index is 2.31. The minimum Gasteiger partial charge on any atom is -0.392 e. The van der Waals surface area contributed by atoms with E-state index in [9.17, 15) is 5.11 Å². The normalized spacial score (nSPS) is 30.4. The number of allylic oxidation sites excluding steroid dienone is 3. The van der Waals surface area contributed by atoms with E-state index in [4.69, 9.17) is 0 Å². The van der Waals surface area contributed by atoms with Gasteiger partial charge in [0.05, 0.1) is 6.61 Å². The van der Waals surface area contributed by atoms with Gasteiger partial charge < -0.3 is 5.11 Å². The van der Waals surface area contributed by atoms with Gasteiger partial charge in [0.2, 0.25) is 0 Å². The summed E-state index contributed by atoms with van der Waals surface area (Å²) in [5, 5.41) is 9.29. The average Bonchev–Trinajstić information content (AvgIpc) is 2.28. The first-order valence-corrected chi connectivity index (χ1v) is 6.62. The highest BCUT2D eigenvalue weighted by Gasteiger charge is 2.32. The molecule has 0 heterocycles. The molecule has 1 N–H and O–H groups in total. The Morgan fingerprint density at radius 3 is 2.69 bits per heavy atom. The molecule has 0 bridgehead atoms. The van der Waals surface area contributed by atoms with Crippen molar-refractivity contribution in [2.24, 2.45) is 17.8 Å². The monoisotopic (exact) mass is 220 g/mol. The van der Waals surface area contributed by atoms with Crippen molar-refractivity contribution in [1.29, 1.82) is 0 Å². The molecule has 1 nitrogen and oxygen atoms in total. The maximum absolute atomic E-state index is 9.29. The minimum absolute atomic E-state index is 0.258. The van der Waals surface area contributed by atoms with E-state index in [2.05, 4.69) is 26.8 Å². The number of rotatable bonds is 2. The van der Waals surface area contributed by atoms with Gasteiger partial charge in [0.1, 0.15) is 0 Å². The Bertz CT molecular complexity index is 322. The Kier molecular flexibility index (Phi) is 3.53. The van der Waals surface area contributed by atoms with E-state index >= 15 is 0 Å². The average molecular weight is 220 g/mol. The molecule has 0 radical (unpaired) electrons. The number of hydrogen-bond acceptors (Lipinski definition) is 1. The molecular formula is C15H24O. The highest BCUT2D eigenvalue weighted by molar-refractivity contribution is 5.30. The molecule has 2 aliphatic rings. The molecule has 0 spiro atoms. The first-order chi connectivity index (χ1) is 7.63. The Morgan fingerprint density at radius 2 is 2.06 bits per heavy atom. The summed E-state index contributed by atoms with van der Waals surface area (Å²) < 4.78 is 0. The molecule has 0 aromatic heterocycles. The lowest BCUT2D eigenvalue weighted by atomic mass is 9.67. The second kappa shape index (κ2) is 4.75. The van der Waals surface area contributed by atoms with Crippen LogP contribution in [0.2, 0.25) is 0 Å². The van der Waals surface area contributed by atoms with Crippen LogP contribution < -0.4 is 0 Å². The lowest BCUT2D eigenvalue weighted by molar-refractivity contribution is 0.268. The van der Waals surface area contributed by atoms with Gasteiger partial charge in [-0.3, -0.25) is 0 Å². The van der Waals surface area contributed by atoms with Crippen LogP contribution in [0.3, 0.4) is 0 Å². The second-order valence-electron chi connectivity index (χ2n) is 5.76. The highest BCUT2D eigenvalue weighted by Crippen LogP contribution is 2.44. The Labute approximate surface area is 99.3 Å². The van der Waals surface area contributed by atoms with Gasteiger partial charge in [-0.25, -0.2) is 0 Å². The van der Waals surface area contributed by atoms with Gasteiger partial charge in [-0.05, 0) is 50.0 Å². The maximum atomic E-state index is 9.29. The van der Waals surface area contributed by atoms with Crippen molar-refractivity contribution in [2.75, 3.05) is 6.61 Å². The van der Waals surface area contributed by atoms with E-state index in [1.807, 2.05) is 0 Å². The Morgan fingerprint density at radius 1 is 1.31 bits per heavy atom. The first kappa shape index (κ1) is 11.9. The summed E-state index contributed by atoms with van der Waals surface area (Å²) in [5.74, 6) is 2.17. The topological polar surface area (TPSA) is 20.2 Å². The quantitative estimate of drug-likeness (QED) is 0.704. The lowest BCUT2D eigenvalue weighted by Gasteiger charge is -2.38. The van der Waals surface area contributed by atoms with Crippen LogP contribution in [-0.4, -0.2) is 11.7 Å². The summed E-state index contributed by atoms with van der Waals surface area (Å²) >= 11 is 0. The van der Waals surface area contributed by atoms with Gasteiger partial charge in [0, 0.05) is 5.92 Å². The first-order valence-electron chi connectivity index (χ1n) is 6.62. The fraction of sp³-hybridized carbons (Fsp3) is 0.733. The fourth-order valence-corrected chi connectivity index (χ4v) is 3.38. The smallest absolute Gasteiger partial charge is 0.0642 e. The summed E-state index contributed by atoms with van der Waals surface area (Å²) in [6.07, 6.45) is 7.24. The number of aliphatic hydroxyl groups is 1. The van der Waals surface area contributed by atoms with Crippen LogP contribution in [0, 0.1) is 17.8 Å². The molecule has 2 rings (SSSR count). The molecule has 16 heavy (non-hydrogen) atoms. The fourth-order valence-electron chi connectivity index (χ4n) is 3.38. The lowest BCUT2D eigenvalue weighted by Crippen LogP contribution is -2.27.